The number of morpholine rings is 1. The van der Waals surface area contributed by atoms with Crippen molar-refractivity contribution in [3.8, 4) is 16.9 Å². The molecule has 2 heterocycles. The van der Waals surface area contributed by atoms with Gasteiger partial charge in [0.15, 0.2) is 0 Å². The summed E-state index contributed by atoms with van der Waals surface area (Å²) in [6.45, 7) is 6.05. The van der Waals surface area contributed by atoms with Crippen LogP contribution in [0.3, 0.4) is 0 Å². The van der Waals surface area contributed by atoms with Crippen molar-refractivity contribution in [1.82, 2.24) is 15.2 Å². The molecular formula is C29H31FN4O4. The minimum Gasteiger partial charge on any atom is -0.486 e. The quantitative estimate of drug-likeness (QED) is 0.438. The lowest BCUT2D eigenvalue weighted by atomic mass is 10.0. The molecular weight excluding hydrogens is 487 g/mol. The number of pyridine rings is 1. The van der Waals surface area contributed by atoms with E-state index in [2.05, 4.69) is 10.3 Å². The lowest BCUT2D eigenvalue weighted by Crippen LogP contribution is -2.42. The zero-order chi connectivity index (χ0) is 27.1. The van der Waals surface area contributed by atoms with Gasteiger partial charge in [0, 0.05) is 36.5 Å². The molecule has 0 aliphatic carbocycles. The third-order valence-corrected chi connectivity index (χ3v) is 6.00. The summed E-state index contributed by atoms with van der Waals surface area (Å²) in [7, 11) is 0. The van der Waals surface area contributed by atoms with Crippen molar-refractivity contribution in [2.24, 2.45) is 0 Å². The molecule has 1 aromatic heterocycles. The largest absolute Gasteiger partial charge is 0.486 e. The Morgan fingerprint density at radius 2 is 1.87 bits per heavy atom. The molecule has 9 heteroatoms. The SMILES string of the molecule is CC(C)(CNC(=O)C=Cc1ccc(N)nc1)Oc1ccc(F)c(-c2ccc(C(=O)N3CCOCC3)cc2)c1. The van der Waals surface area contributed by atoms with Crippen molar-refractivity contribution in [3.63, 3.8) is 0 Å². The first kappa shape index (κ1) is 26.8. The molecule has 8 nitrogen and oxygen atoms in total. The maximum Gasteiger partial charge on any atom is 0.254 e. The van der Waals surface area contributed by atoms with Gasteiger partial charge in [0.25, 0.3) is 5.91 Å². The Bertz CT molecular complexity index is 1300. The first-order chi connectivity index (χ1) is 18.2. The molecule has 1 saturated heterocycles. The number of carbonyl (C=O) groups is 2. The lowest BCUT2D eigenvalue weighted by Gasteiger charge is -2.27. The minimum atomic E-state index is -0.768. The smallest absolute Gasteiger partial charge is 0.254 e. The van der Waals surface area contributed by atoms with E-state index in [0.717, 1.165) is 5.56 Å². The average Bonchev–Trinajstić information content (AvgIpc) is 2.93. The fraction of sp³-hybridized carbons (Fsp3) is 0.276. The van der Waals surface area contributed by atoms with E-state index in [4.69, 9.17) is 15.2 Å². The van der Waals surface area contributed by atoms with Gasteiger partial charge in [-0.25, -0.2) is 9.37 Å². The highest BCUT2D eigenvalue weighted by Gasteiger charge is 2.22. The van der Waals surface area contributed by atoms with Crippen LogP contribution < -0.4 is 15.8 Å². The first-order valence-corrected chi connectivity index (χ1v) is 12.3. The van der Waals surface area contributed by atoms with Crippen molar-refractivity contribution >= 4 is 23.7 Å². The summed E-state index contributed by atoms with van der Waals surface area (Å²) in [5, 5.41) is 2.81. The van der Waals surface area contributed by atoms with Gasteiger partial charge in [-0.05, 0) is 73.5 Å². The van der Waals surface area contributed by atoms with Gasteiger partial charge in [0.05, 0.1) is 19.8 Å². The second-order valence-corrected chi connectivity index (χ2v) is 9.55. The van der Waals surface area contributed by atoms with Crippen LogP contribution in [0.15, 0.2) is 66.9 Å². The standard InChI is InChI=1S/C29H31FN4O4/c1-29(2,19-33-27(35)12-4-20-3-11-26(31)32-18-20)38-23-9-10-25(30)24(17-23)21-5-7-22(8-6-21)28(36)34-13-15-37-16-14-34/h3-12,17-18H,13-16,19H2,1-2H3,(H2,31,32)(H,33,35). The van der Waals surface area contributed by atoms with Gasteiger partial charge >= 0.3 is 0 Å². The summed E-state index contributed by atoms with van der Waals surface area (Å²) in [4.78, 5) is 30.7. The normalized spacial score (nSPS) is 13.9. The van der Waals surface area contributed by atoms with Crippen LogP contribution in [0, 0.1) is 5.82 Å². The zero-order valence-corrected chi connectivity index (χ0v) is 21.4. The number of aromatic nitrogens is 1. The summed E-state index contributed by atoms with van der Waals surface area (Å²) in [5.74, 6) is 0.104. The predicted octanol–water partition coefficient (Wildman–Crippen LogP) is 3.93. The fourth-order valence-corrected chi connectivity index (χ4v) is 3.93. The summed E-state index contributed by atoms with van der Waals surface area (Å²) < 4.78 is 26.1. The van der Waals surface area contributed by atoms with Gasteiger partial charge in [-0.3, -0.25) is 9.59 Å². The van der Waals surface area contributed by atoms with E-state index in [-0.39, 0.29) is 18.4 Å². The number of hydrogen-bond acceptors (Lipinski definition) is 6. The van der Waals surface area contributed by atoms with Crippen LogP contribution in [0.2, 0.25) is 0 Å². The number of rotatable bonds is 8. The molecule has 1 aliphatic rings. The van der Waals surface area contributed by atoms with Crippen LogP contribution >= 0.6 is 0 Å². The van der Waals surface area contributed by atoms with Gasteiger partial charge in [-0.15, -0.1) is 0 Å². The molecule has 0 saturated carbocycles. The first-order valence-electron chi connectivity index (χ1n) is 12.3. The monoisotopic (exact) mass is 518 g/mol. The Kier molecular flexibility index (Phi) is 8.38. The second-order valence-electron chi connectivity index (χ2n) is 9.55. The fourth-order valence-electron chi connectivity index (χ4n) is 3.93. The Morgan fingerprint density at radius 3 is 2.55 bits per heavy atom. The Labute approximate surface area is 221 Å². The molecule has 0 radical (unpaired) electrons. The highest BCUT2D eigenvalue weighted by molar-refractivity contribution is 5.95. The summed E-state index contributed by atoms with van der Waals surface area (Å²) in [6.07, 6.45) is 4.63. The third kappa shape index (κ3) is 7.17. The van der Waals surface area contributed by atoms with Gasteiger partial charge < -0.3 is 25.4 Å². The number of nitrogens with one attached hydrogen (secondary N) is 1. The van der Waals surface area contributed by atoms with E-state index in [9.17, 15) is 14.0 Å². The van der Waals surface area contributed by atoms with E-state index in [1.54, 1.807) is 65.7 Å². The molecule has 3 aromatic rings. The van der Waals surface area contributed by atoms with Crippen LogP contribution in [-0.2, 0) is 9.53 Å². The summed E-state index contributed by atoms with van der Waals surface area (Å²) in [6, 6.07) is 14.8. The minimum absolute atomic E-state index is 0.0684. The van der Waals surface area contributed by atoms with E-state index >= 15 is 0 Å². The molecule has 38 heavy (non-hydrogen) atoms. The van der Waals surface area contributed by atoms with E-state index in [1.807, 2.05) is 13.8 Å². The summed E-state index contributed by atoms with van der Waals surface area (Å²) >= 11 is 0. The number of nitrogens with zero attached hydrogens (tertiary/aromatic N) is 2. The van der Waals surface area contributed by atoms with E-state index in [0.29, 0.717) is 54.6 Å². The van der Waals surface area contributed by atoms with Gasteiger partial charge in [0.1, 0.15) is 23.0 Å². The number of carbonyl (C=O) groups excluding carboxylic acids is 2. The topological polar surface area (TPSA) is 107 Å². The van der Waals surface area contributed by atoms with Crippen molar-refractivity contribution in [1.29, 1.82) is 0 Å². The van der Waals surface area contributed by atoms with Gasteiger partial charge in [0.2, 0.25) is 5.91 Å². The van der Waals surface area contributed by atoms with E-state index < -0.39 is 11.4 Å². The average molecular weight is 519 g/mol. The molecule has 1 aliphatic heterocycles. The molecule has 0 unspecified atom stereocenters. The van der Waals surface area contributed by atoms with Crippen molar-refractivity contribution in [2.75, 3.05) is 38.6 Å². The van der Waals surface area contributed by atoms with Crippen LogP contribution in [0.25, 0.3) is 17.2 Å². The second kappa shape index (κ2) is 11.9. The summed E-state index contributed by atoms with van der Waals surface area (Å²) in [5.41, 5.74) is 7.07. The predicted molar refractivity (Wildman–Crippen MR) is 144 cm³/mol. The molecule has 0 atom stereocenters. The molecule has 3 N–H and O–H groups in total. The molecule has 2 aromatic carbocycles. The van der Waals surface area contributed by atoms with Crippen LogP contribution in [-0.4, -0.2) is 60.1 Å². The molecule has 0 bridgehead atoms. The Hall–Kier alpha value is -4.24. The van der Waals surface area contributed by atoms with Crippen LogP contribution in [0.5, 0.6) is 5.75 Å². The number of nitrogen functional groups attached to an aromatic ring is 1. The van der Waals surface area contributed by atoms with Gasteiger partial charge in [-0.2, -0.15) is 0 Å². The molecule has 4 rings (SSSR count). The zero-order valence-electron chi connectivity index (χ0n) is 21.4. The Morgan fingerprint density at radius 1 is 1.13 bits per heavy atom. The molecule has 0 spiro atoms. The number of benzene rings is 2. The molecule has 1 fully saturated rings. The van der Waals surface area contributed by atoms with Crippen LogP contribution in [0.1, 0.15) is 29.8 Å². The Balaban J connectivity index is 1.38. The van der Waals surface area contributed by atoms with Crippen LogP contribution in [0.4, 0.5) is 10.2 Å². The van der Waals surface area contributed by atoms with Crippen molar-refractivity contribution in [3.05, 3.63) is 83.8 Å². The highest BCUT2D eigenvalue weighted by atomic mass is 19.1. The number of halogens is 1. The maximum absolute atomic E-state index is 14.7. The highest BCUT2D eigenvalue weighted by Crippen LogP contribution is 2.29. The number of amides is 2. The van der Waals surface area contributed by atoms with Crippen molar-refractivity contribution < 1.29 is 23.5 Å². The molecule has 2 amide bonds. The number of nitrogens with two attached hydrogens (primary N) is 1. The third-order valence-electron chi connectivity index (χ3n) is 6.00. The number of anilines is 1. The van der Waals surface area contributed by atoms with E-state index in [1.165, 1.54) is 12.1 Å². The number of hydrogen-bond donors (Lipinski definition) is 2. The van der Waals surface area contributed by atoms with Crippen molar-refractivity contribution in [2.45, 2.75) is 19.4 Å². The van der Waals surface area contributed by atoms with Gasteiger partial charge in [-0.1, -0.05) is 12.1 Å². The molecule has 198 valence electrons. The number of ether oxygens (including phenoxy) is 2. The maximum atomic E-state index is 14.7. The lowest BCUT2D eigenvalue weighted by molar-refractivity contribution is -0.117.